The molecular weight excluding hydrogens is 294 g/mol. The van der Waals surface area contributed by atoms with Gasteiger partial charge in [0.15, 0.2) is 0 Å². The topological polar surface area (TPSA) is 44.4 Å². The van der Waals surface area contributed by atoms with E-state index in [1.54, 1.807) is 11.8 Å². The van der Waals surface area contributed by atoms with Crippen LogP contribution < -0.4 is 10.6 Å². The number of amides is 1. The minimum Gasteiger partial charge on any atom is -0.355 e. The maximum Gasteiger partial charge on any atom is 0.232 e. The summed E-state index contributed by atoms with van der Waals surface area (Å²) in [5, 5.41) is 6.41. The molecule has 1 atom stereocenters. The van der Waals surface area contributed by atoms with E-state index < -0.39 is 0 Å². The lowest BCUT2D eigenvalue weighted by molar-refractivity contribution is -0.120. The minimum atomic E-state index is -0.000562. The predicted molar refractivity (Wildman–Crippen MR) is 94.1 cm³/mol. The number of nitrogens with zero attached hydrogens (tertiary/aromatic N) is 1. The standard InChI is InChI=1S/C17H27N3OS/c1-15(22-14-16-6-3-2-4-7-16)17(21)19-8-5-11-20-12-9-18-10-13-20/h2-4,6-7,15,18H,5,8-14H2,1H3,(H,19,21). The van der Waals surface area contributed by atoms with Crippen LogP contribution in [0.3, 0.4) is 0 Å². The van der Waals surface area contributed by atoms with Gasteiger partial charge in [-0.15, -0.1) is 11.8 Å². The lowest BCUT2D eigenvalue weighted by Crippen LogP contribution is -2.44. The summed E-state index contributed by atoms with van der Waals surface area (Å²) < 4.78 is 0. The second-order valence-electron chi connectivity index (χ2n) is 5.68. The summed E-state index contributed by atoms with van der Waals surface area (Å²) in [6.45, 7) is 8.25. The van der Waals surface area contributed by atoms with Crippen LogP contribution in [0.15, 0.2) is 30.3 Å². The Morgan fingerprint density at radius 1 is 1.32 bits per heavy atom. The van der Waals surface area contributed by atoms with Crippen molar-refractivity contribution in [1.82, 2.24) is 15.5 Å². The molecule has 0 bridgehead atoms. The van der Waals surface area contributed by atoms with Crippen molar-refractivity contribution in [3.8, 4) is 0 Å². The monoisotopic (exact) mass is 321 g/mol. The third kappa shape index (κ3) is 6.38. The van der Waals surface area contributed by atoms with Crippen molar-refractivity contribution in [2.45, 2.75) is 24.3 Å². The second-order valence-corrected chi connectivity index (χ2v) is 7.00. The number of benzene rings is 1. The molecule has 5 heteroatoms. The molecule has 1 aromatic rings. The van der Waals surface area contributed by atoms with Crippen LogP contribution in [0.4, 0.5) is 0 Å². The summed E-state index contributed by atoms with van der Waals surface area (Å²) in [6, 6.07) is 10.3. The number of nitrogens with one attached hydrogen (secondary N) is 2. The Morgan fingerprint density at radius 2 is 2.05 bits per heavy atom. The van der Waals surface area contributed by atoms with Crippen LogP contribution in [-0.2, 0) is 10.5 Å². The first-order valence-corrected chi connectivity index (χ1v) is 9.17. The van der Waals surface area contributed by atoms with Gasteiger partial charge in [0, 0.05) is 38.5 Å². The highest BCUT2D eigenvalue weighted by Crippen LogP contribution is 2.17. The van der Waals surface area contributed by atoms with Crippen molar-refractivity contribution < 1.29 is 4.79 Å². The van der Waals surface area contributed by atoms with Crippen molar-refractivity contribution in [3.05, 3.63) is 35.9 Å². The number of rotatable bonds is 8. The highest BCUT2D eigenvalue weighted by molar-refractivity contribution is 7.99. The van der Waals surface area contributed by atoms with E-state index in [9.17, 15) is 4.79 Å². The van der Waals surface area contributed by atoms with Crippen molar-refractivity contribution in [2.24, 2.45) is 0 Å². The molecule has 0 radical (unpaired) electrons. The van der Waals surface area contributed by atoms with Crippen molar-refractivity contribution in [1.29, 1.82) is 0 Å². The number of hydrogen-bond donors (Lipinski definition) is 2. The molecule has 22 heavy (non-hydrogen) atoms. The van der Waals surface area contributed by atoms with Gasteiger partial charge >= 0.3 is 0 Å². The van der Waals surface area contributed by atoms with Gasteiger partial charge in [-0.2, -0.15) is 0 Å². The molecule has 0 spiro atoms. The van der Waals surface area contributed by atoms with Crippen molar-refractivity contribution >= 4 is 17.7 Å². The van der Waals surface area contributed by atoms with Crippen LogP contribution in [0.5, 0.6) is 0 Å². The van der Waals surface area contributed by atoms with Gasteiger partial charge in [-0.3, -0.25) is 4.79 Å². The van der Waals surface area contributed by atoms with Crippen LogP contribution >= 0.6 is 11.8 Å². The van der Waals surface area contributed by atoms with E-state index in [0.717, 1.165) is 51.4 Å². The molecule has 2 N–H and O–H groups in total. The zero-order chi connectivity index (χ0) is 15.6. The normalized spacial score (nSPS) is 17.1. The summed E-state index contributed by atoms with van der Waals surface area (Å²) in [5.74, 6) is 1.04. The van der Waals surface area contributed by atoms with Crippen LogP contribution in [0.25, 0.3) is 0 Å². The lowest BCUT2D eigenvalue weighted by Gasteiger charge is -2.27. The van der Waals surface area contributed by atoms with E-state index in [1.807, 2.05) is 25.1 Å². The largest absolute Gasteiger partial charge is 0.355 e. The zero-order valence-electron chi connectivity index (χ0n) is 13.4. The Bertz CT molecular complexity index is 435. The van der Waals surface area contributed by atoms with Crippen LogP contribution in [0.1, 0.15) is 18.9 Å². The van der Waals surface area contributed by atoms with Gasteiger partial charge in [0.05, 0.1) is 5.25 Å². The zero-order valence-corrected chi connectivity index (χ0v) is 14.2. The first-order valence-electron chi connectivity index (χ1n) is 8.12. The summed E-state index contributed by atoms with van der Waals surface area (Å²) in [7, 11) is 0. The number of carbonyl (C=O) groups excluding carboxylic acids is 1. The first-order chi connectivity index (χ1) is 10.8. The van der Waals surface area contributed by atoms with Gasteiger partial charge in [-0.05, 0) is 25.5 Å². The fraction of sp³-hybridized carbons (Fsp3) is 0.588. The molecule has 0 aromatic heterocycles. The molecule has 1 saturated heterocycles. The molecule has 2 rings (SSSR count). The van der Waals surface area contributed by atoms with E-state index in [4.69, 9.17) is 0 Å². The van der Waals surface area contributed by atoms with Gasteiger partial charge in [-0.1, -0.05) is 30.3 Å². The second kappa shape index (κ2) is 9.87. The van der Waals surface area contributed by atoms with Crippen molar-refractivity contribution in [3.63, 3.8) is 0 Å². The molecule has 1 heterocycles. The Hall–Kier alpha value is -1.04. The average Bonchev–Trinajstić information content (AvgIpc) is 2.58. The molecule has 1 aromatic carbocycles. The average molecular weight is 321 g/mol. The Labute approximate surface area is 138 Å². The lowest BCUT2D eigenvalue weighted by atomic mass is 10.2. The Morgan fingerprint density at radius 3 is 2.77 bits per heavy atom. The maximum absolute atomic E-state index is 12.1. The summed E-state index contributed by atoms with van der Waals surface area (Å²) in [5.41, 5.74) is 1.27. The van der Waals surface area contributed by atoms with Gasteiger partial charge < -0.3 is 15.5 Å². The summed E-state index contributed by atoms with van der Waals surface area (Å²) in [6.07, 6.45) is 1.03. The summed E-state index contributed by atoms with van der Waals surface area (Å²) in [4.78, 5) is 14.5. The van der Waals surface area contributed by atoms with E-state index >= 15 is 0 Å². The maximum atomic E-state index is 12.1. The number of thioether (sulfide) groups is 1. The minimum absolute atomic E-state index is 0.000562. The SMILES string of the molecule is CC(SCc1ccccc1)C(=O)NCCCN1CCNCC1. The van der Waals surface area contributed by atoms with Gasteiger partial charge in [-0.25, -0.2) is 0 Å². The fourth-order valence-electron chi connectivity index (χ4n) is 2.46. The van der Waals surface area contributed by atoms with E-state index in [1.165, 1.54) is 5.56 Å². The van der Waals surface area contributed by atoms with E-state index in [-0.39, 0.29) is 11.2 Å². The third-order valence-electron chi connectivity index (χ3n) is 3.87. The molecule has 0 aliphatic carbocycles. The summed E-state index contributed by atoms with van der Waals surface area (Å²) >= 11 is 1.69. The van der Waals surface area contributed by atoms with Crippen LogP contribution in [-0.4, -0.2) is 55.3 Å². The Kier molecular flexibility index (Phi) is 7.77. The molecule has 4 nitrogen and oxygen atoms in total. The number of piperazine rings is 1. The quantitative estimate of drug-likeness (QED) is 0.716. The molecule has 0 saturated carbocycles. The van der Waals surface area contributed by atoms with Gasteiger partial charge in [0.2, 0.25) is 5.91 Å². The highest BCUT2D eigenvalue weighted by Gasteiger charge is 2.13. The molecule has 1 fully saturated rings. The molecule has 122 valence electrons. The van der Waals surface area contributed by atoms with Crippen molar-refractivity contribution in [2.75, 3.05) is 39.3 Å². The molecule has 1 unspecified atom stereocenters. The molecular formula is C17H27N3OS. The highest BCUT2D eigenvalue weighted by atomic mass is 32.2. The van der Waals surface area contributed by atoms with Crippen LogP contribution in [0, 0.1) is 0 Å². The van der Waals surface area contributed by atoms with Gasteiger partial charge in [0.1, 0.15) is 0 Å². The Balaban J connectivity index is 1.56. The van der Waals surface area contributed by atoms with Crippen LogP contribution in [0.2, 0.25) is 0 Å². The molecule has 1 aliphatic rings. The van der Waals surface area contributed by atoms with E-state index in [0.29, 0.717) is 0 Å². The predicted octanol–water partition coefficient (Wildman–Crippen LogP) is 1.72. The smallest absolute Gasteiger partial charge is 0.232 e. The number of hydrogen-bond acceptors (Lipinski definition) is 4. The van der Waals surface area contributed by atoms with Gasteiger partial charge in [0.25, 0.3) is 0 Å². The molecule has 1 aliphatic heterocycles. The molecule has 1 amide bonds. The first kappa shape index (κ1) is 17.3. The number of carbonyl (C=O) groups is 1. The van der Waals surface area contributed by atoms with E-state index in [2.05, 4.69) is 27.7 Å². The fourth-order valence-corrected chi connectivity index (χ4v) is 3.33. The third-order valence-corrected chi connectivity index (χ3v) is 5.09.